The fourth-order valence-corrected chi connectivity index (χ4v) is 3.05. The zero-order valence-electron chi connectivity index (χ0n) is 13.5. The number of ether oxygens (including phenoxy) is 3. The largest absolute Gasteiger partial charge is 0.496 e. The van der Waals surface area contributed by atoms with Crippen LogP contribution in [0.3, 0.4) is 0 Å². The summed E-state index contributed by atoms with van der Waals surface area (Å²) < 4.78 is 17.7. The van der Waals surface area contributed by atoms with Gasteiger partial charge in [-0.3, -0.25) is 9.20 Å². The van der Waals surface area contributed by atoms with Gasteiger partial charge in [0.2, 0.25) is 0 Å². The second-order valence-corrected chi connectivity index (χ2v) is 5.79. The van der Waals surface area contributed by atoms with Gasteiger partial charge in [-0.05, 0) is 0 Å². The number of hydrogen-bond donors (Lipinski definition) is 1. The summed E-state index contributed by atoms with van der Waals surface area (Å²) in [6.45, 7) is 0.324. The molecule has 0 saturated heterocycles. The molecule has 0 aliphatic heterocycles. The molecule has 1 amide bonds. The van der Waals surface area contributed by atoms with Gasteiger partial charge in [0.05, 0.1) is 39.1 Å². The highest BCUT2D eigenvalue weighted by Gasteiger charge is 2.18. The van der Waals surface area contributed by atoms with Gasteiger partial charge in [-0.2, -0.15) is 0 Å². The Bertz CT molecular complexity index is 843. The van der Waals surface area contributed by atoms with Crippen LogP contribution < -0.4 is 19.5 Å². The fourth-order valence-electron chi connectivity index (χ4n) is 2.33. The molecule has 7 nitrogen and oxygen atoms in total. The molecule has 2 aromatic heterocycles. The van der Waals surface area contributed by atoms with Crippen LogP contribution in [-0.2, 0) is 6.54 Å². The van der Waals surface area contributed by atoms with Gasteiger partial charge in [-0.15, -0.1) is 11.3 Å². The Morgan fingerprint density at radius 3 is 2.54 bits per heavy atom. The minimum Gasteiger partial charge on any atom is -0.496 e. The smallest absolute Gasteiger partial charge is 0.255 e. The van der Waals surface area contributed by atoms with Crippen molar-refractivity contribution in [3.63, 3.8) is 0 Å². The van der Waals surface area contributed by atoms with E-state index in [1.165, 1.54) is 21.3 Å². The predicted octanol–water partition coefficient (Wildman–Crippen LogP) is 2.35. The van der Waals surface area contributed by atoms with Crippen molar-refractivity contribution in [2.24, 2.45) is 0 Å². The third-order valence-corrected chi connectivity index (χ3v) is 4.29. The summed E-state index contributed by atoms with van der Waals surface area (Å²) in [5, 5.41) is 4.80. The van der Waals surface area contributed by atoms with Crippen LogP contribution >= 0.6 is 11.3 Å². The average Bonchev–Trinajstić information content (AvgIpc) is 3.19. The van der Waals surface area contributed by atoms with Crippen molar-refractivity contribution in [2.45, 2.75) is 6.54 Å². The molecule has 0 atom stereocenters. The number of carbonyl (C=O) groups excluding carboxylic acids is 1. The molecule has 3 aromatic rings. The Kier molecular flexibility index (Phi) is 4.57. The lowest BCUT2D eigenvalue weighted by Crippen LogP contribution is -2.23. The number of methoxy groups -OCH3 is 3. The van der Waals surface area contributed by atoms with E-state index in [0.717, 1.165) is 10.7 Å². The van der Waals surface area contributed by atoms with Gasteiger partial charge < -0.3 is 19.5 Å². The quantitative estimate of drug-likeness (QED) is 0.741. The molecule has 0 radical (unpaired) electrons. The highest BCUT2D eigenvalue weighted by Crippen LogP contribution is 2.34. The monoisotopic (exact) mass is 347 g/mol. The second kappa shape index (κ2) is 6.79. The molecule has 126 valence electrons. The molecule has 1 aromatic carbocycles. The summed E-state index contributed by atoms with van der Waals surface area (Å²) in [4.78, 5) is 17.8. The van der Waals surface area contributed by atoms with Crippen molar-refractivity contribution in [3.05, 3.63) is 41.2 Å². The van der Waals surface area contributed by atoms with E-state index in [-0.39, 0.29) is 5.91 Å². The van der Waals surface area contributed by atoms with Gasteiger partial charge in [0.25, 0.3) is 5.91 Å². The number of benzene rings is 1. The van der Waals surface area contributed by atoms with Gasteiger partial charge in [-0.25, -0.2) is 4.98 Å². The highest BCUT2D eigenvalue weighted by molar-refractivity contribution is 7.15. The number of imidazole rings is 1. The van der Waals surface area contributed by atoms with Crippen molar-refractivity contribution >= 4 is 22.2 Å². The van der Waals surface area contributed by atoms with Crippen molar-refractivity contribution in [2.75, 3.05) is 21.3 Å². The van der Waals surface area contributed by atoms with Gasteiger partial charge in [0.1, 0.15) is 5.75 Å². The zero-order valence-corrected chi connectivity index (χ0v) is 14.3. The summed E-state index contributed by atoms with van der Waals surface area (Å²) in [7, 11) is 4.55. The lowest BCUT2D eigenvalue weighted by atomic mass is 10.1. The van der Waals surface area contributed by atoms with Crippen LogP contribution in [0.25, 0.3) is 4.96 Å². The molecule has 24 heavy (non-hydrogen) atoms. The number of carbonyl (C=O) groups is 1. The lowest BCUT2D eigenvalue weighted by molar-refractivity contribution is 0.0947. The molecule has 0 aliphatic rings. The molecule has 0 spiro atoms. The highest BCUT2D eigenvalue weighted by atomic mass is 32.1. The standard InChI is InChI=1S/C16H17N3O4S/c1-21-12-7-14(23-3)13(22-2)6-11(12)15(20)17-8-10-9-19-4-5-24-16(19)18-10/h4-7,9H,8H2,1-3H3,(H,17,20). The molecule has 0 unspecified atom stereocenters. The zero-order chi connectivity index (χ0) is 17.1. The molecular formula is C16H17N3O4S. The maximum Gasteiger partial charge on any atom is 0.255 e. The summed E-state index contributed by atoms with van der Waals surface area (Å²) >= 11 is 1.54. The van der Waals surface area contributed by atoms with E-state index in [4.69, 9.17) is 14.2 Å². The number of amides is 1. The third-order valence-electron chi connectivity index (χ3n) is 3.52. The molecule has 0 fully saturated rings. The van der Waals surface area contributed by atoms with Crippen LogP contribution in [0, 0.1) is 0 Å². The Balaban J connectivity index is 1.79. The molecule has 1 N–H and O–H groups in total. The lowest BCUT2D eigenvalue weighted by Gasteiger charge is -2.13. The van der Waals surface area contributed by atoms with Gasteiger partial charge in [-0.1, -0.05) is 0 Å². The Morgan fingerprint density at radius 1 is 1.17 bits per heavy atom. The SMILES string of the molecule is COc1cc(OC)c(C(=O)NCc2cn3ccsc3n2)cc1OC. The van der Waals surface area contributed by atoms with Crippen LogP contribution in [0.4, 0.5) is 0 Å². The molecule has 0 bridgehead atoms. The first-order valence-electron chi connectivity index (χ1n) is 7.15. The first-order chi connectivity index (χ1) is 11.7. The number of thiazole rings is 1. The molecular weight excluding hydrogens is 330 g/mol. The molecule has 8 heteroatoms. The minimum absolute atomic E-state index is 0.274. The number of fused-ring (bicyclic) bond motifs is 1. The molecule has 3 rings (SSSR count). The first-order valence-corrected chi connectivity index (χ1v) is 8.03. The Hall–Kier alpha value is -2.74. The Labute approximate surface area is 142 Å². The second-order valence-electron chi connectivity index (χ2n) is 4.92. The van der Waals surface area contributed by atoms with Crippen molar-refractivity contribution in [1.82, 2.24) is 14.7 Å². The van der Waals surface area contributed by atoms with Crippen molar-refractivity contribution < 1.29 is 19.0 Å². The average molecular weight is 347 g/mol. The minimum atomic E-state index is -0.274. The summed E-state index contributed by atoms with van der Waals surface area (Å²) in [5.41, 5.74) is 1.16. The van der Waals surface area contributed by atoms with E-state index in [1.807, 2.05) is 22.2 Å². The van der Waals surface area contributed by atoms with Gasteiger partial charge in [0, 0.05) is 29.9 Å². The van der Waals surface area contributed by atoms with Gasteiger partial charge in [0.15, 0.2) is 16.5 Å². The van der Waals surface area contributed by atoms with Crippen molar-refractivity contribution in [3.8, 4) is 17.2 Å². The summed E-state index contributed by atoms with van der Waals surface area (Å²) in [6.07, 6.45) is 3.81. The number of rotatable bonds is 6. The van der Waals surface area contributed by atoms with E-state index < -0.39 is 0 Å². The van der Waals surface area contributed by atoms with Crippen LogP contribution in [0.2, 0.25) is 0 Å². The summed E-state index contributed by atoms with van der Waals surface area (Å²) in [5.74, 6) is 1.10. The van der Waals surface area contributed by atoms with Crippen molar-refractivity contribution in [1.29, 1.82) is 0 Å². The number of nitrogens with zero attached hydrogens (tertiary/aromatic N) is 2. The Morgan fingerprint density at radius 2 is 1.88 bits per heavy atom. The maximum atomic E-state index is 12.5. The normalized spacial score (nSPS) is 10.6. The van der Waals surface area contributed by atoms with E-state index >= 15 is 0 Å². The van der Waals surface area contributed by atoms with E-state index in [2.05, 4.69) is 10.3 Å². The summed E-state index contributed by atoms with van der Waals surface area (Å²) in [6, 6.07) is 3.22. The van der Waals surface area contributed by atoms with E-state index in [9.17, 15) is 4.79 Å². The van der Waals surface area contributed by atoms with E-state index in [1.54, 1.807) is 23.5 Å². The molecule has 2 heterocycles. The van der Waals surface area contributed by atoms with Crippen LogP contribution in [-0.4, -0.2) is 36.6 Å². The van der Waals surface area contributed by atoms with Crippen LogP contribution in [0.1, 0.15) is 16.1 Å². The molecule has 0 saturated carbocycles. The first kappa shape index (κ1) is 16.1. The third kappa shape index (κ3) is 3.00. The van der Waals surface area contributed by atoms with Crippen LogP contribution in [0.15, 0.2) is 29.9 Å². The predicted molar refractivity (Wildman–Crippen MR) is 90.3 cm³/mol. The van der Waals surface area contributed by atoms with E-state index in [0.29, 0.717) is 29.4 Å². The number of nitrogens with one attached hydrogen (secondary N) is 1. The number of aromatic nitrogens is 2. The maximum absolute atomic E-state index is 12.5. The molecule has 0 aliphatic carbocycles. The fraction of sp³-hybridized carbons (Fsp3) is 0.250. The van der Waals surface area contributed by atoms with Gasteiger partial charge >= 0.3 is 0 Å². The topological polar surface area (TPSA) is 74.1 Å². The van der Waals surface area contributed by atoms with Crippen LogP contribution in [0.5, 0.6) is 17.2 Å². The number of hydrogen-bond acceptors (Lipinski definition) is 6.